The monoisotopic (exact) mass is 338 g/mol. The normalized spacial score (nSPS) is 21.6. The summed E-state index contributed by atoms with van der Waals surface area (Å²) >= 11 is 0. The minimum Gasteiger partial charge on any atom is -0.462 e. The molecule has 2 aliphatic heterocycles. The Hall–Kier alpha value is -1.93. The van der Waals surface area contributed by atoms with Gasteiger partial charge in [0.2, 0.25) is 0 Å². The maximum Gasteiger partial charge on any atom is 0.325 e. The molecule has 0 unspecified atom stereocenters. The SMILES string of the molecule is CN(CC(=O)OC[C@H]1CCCO1)C1=NS(=O)(=O)c2ccccc21. The van der Waals surface area contributed by atoms with Gasteiger partial charge in [-0.05, 0) is 25.0 Å². The summed E-state index contributed by atoms with van der Waals surface area (Å²) in [6, 6.07) is 6.56. The van der Waals surface area contributed by atoms with Crippen LogP contribution in [-0.2, 0) is 24.3 Å². The highest BCUT2D eigenvalue weighted by Crippen LogP contribution is 2.26. The van der Waals surface area contributed by atoms with Crippen molar-refractivity contribution in [3.63, 3.8) is 0 Å². The van der Waals surface area contributed by atoms with Crippen molar-refractivity contribution >= 4 is 21.8 Å². The summed E-state index contributed by atoms with van der Waals surface area (Å²) in [7, 11) is -2.07. The minimum absolute atomic E-state index is 0.0332. The fraction of sp³-hybridized carbons (Fsp3) is 0.467. The summed E-state index contributed by atoms with van der Waals surface area (Å²) in [5, 5.41) is 0. The highest BCUT2D eigenvalue weighted by atomic mass is 32.2. The van der Waals surface area contributed by atoms with Crippen molar-refractivity contribution in [3.8, 4) is 0 Å². The number of benzene rings is 1. The molecule has 0 aromatic heterocycles. The van der Waals surface area contributed by atoms with E-state index >= 15 is 0 Å². The number of likely N-dealkylation sites (N-methyl/N-ethyl adjacent to an activating group) is 1. The van der Waals surface area contributed by atoms with Gasteiger partial charge < -0.3 is 14.4 Å². The molecule has 2 heterocycles. The summed E-state index contributed by atoms with van der Waals surface area (Å²) in [4.78, 5) is 13.6. The van der Waals surface area contributed by atoms with Gasteiger partial charge in [-0.15, -0.1) is 4.40 Å². The van der Waals surface area contributed by atoms with Gasteiger partial charge in [0.05, 0.1) is 6.10 Å². The quantitative estimate of drug-likeness (QED) is 0.755. The maximum absolute atomic E-state index is 12.0. The van der Waals surface area contributed by atoms with Gasteiger partial charge in [0.25, 0.3) is 10.0 Å². The average Bonchev–Trinajstić information content (AvgIpc) is 3.12. The molecule has 0 amide bonds. The Bertz CT molecular complexity index is 738. The smallest absolute Gasteiger partial charge is 0.325 e. The summed E-state index contributed by atoms with van der Waals surface area (Å²) in [6.07, 6.45) is 1.84. The molecule has 1 saturated heterocycles. The van der Waals surface area contributed by atoms with E-state index in [1.807, 2.05) is 0 Å². The zero-order valence-electron chi connectivity index (χ0n) is 12.8. The lowest BCUT2D eigenvalue weighted by atomic mass is 10.2. The molecule has 0 spiro atoms. The van der Waals surface area contributed by atoms with Gasteiger partial charge in [-0.1, -0.05) is 12.1 Å². The van der Waals surface area contributed by atoms with E-state index in [2.05, 4.69) is 4.40 Å². The number of carbonyl (C=O) groups is 1. The van der Waals surface area contributed by atoms with Crippen molar-refractivity contribution in [2.75, 3.05) is 26.8 Å². The first-order valence-corrected chi connectivity index (χ1v) is 8.84. The van der Waals surface area contributed by atoms with Crippen LogP contribution in [0.15, 0.2) is 33.6 Å². The number of amidine groups is 1. The number of nitrogens with zero attached hydrogens (tertiary/aromatic N) is 2. The standard InChI is InChI=1S/C15H18N2O5S/c1-17(9-14(18)22-10-11-5-4-8-21-11)15-12-6-2-3-7-13(12)23(19,20)16-15/h2-3,6-7,11H,4-5,8-10H2,1H3/t11-/m1/s1. The lowest BCUT2D eigenvalue weighted by Crippen LogP contribution is -2.34. The van der Waals surface area contributed by atoms with Gasteiger partial charge in [-0.25, -0.2) is 0 Å². The molecule has 23 heavy (non-hydrogen) atoms. The van der Waals surface area contributed by atoms with Crippen LogP contribution >= 0.6 is 0 Å². The molecule has 0 N–H and O–H groups in total. The van der Waals surface area contributed by atoms with E-state index in [1.165, 1.54) is 11.0 Å². The molecule has 1 atom stereocenters. The summed E-state index contributed by atoms with van der Waals surface area (Å²) < 4.78 is 38.3. The molecule has 0 bridgehead atoms. The number of esters is 1. The van der Waals surface area contributed by atoms with Crippen molar-refractivity contribution in [2.24, 2.45) is 4.40 Å². The Kier molecular flexibility index (Phi) is 4.36. The molecule has 2 aliphatic rings. The van der Waals surface area contributed by atoms with Crippen molar-refractivity contribution in [2.45, 2.75) is 23.8 Å². The van der Waals surface area contributed by atoms with E-state index in [-0.39, 0.29) is 30.0 Å². The second-order valence-corrected chi connectivity index (χ2v) is 7.13. The predicted octanol–water partition coefficient (Wildman–Crippen LogP) is 0.789. The molecule has 3 rings (SSSR count). The molecular formula is C15H18N2O5S. The molecule has 8 heteroatoms. The number of fused-ring (bicyclic) bond motifs is 1. The zero-order chi connectivity index (χ0) is 16.4. The van der Waals surface area contributed by atoms with E-state index in [9.17, 15) is 13.2 Å². The Morgan fingerprint density at radius 2 is 2.22 bits per heavy atom. The van der Waals surface area contributed by atoms with Crippen LogP contribution in [0.3, 0.4) is 0 Å². The van der Waals surface area contributed by atoms with E-state index in [1.54, 1.807) is 25.2 Å². The van der Waals surface area contributed by atoms with E-state index in [0.717, 1.165) is 12.8 Å². The minimum atomic E-state index is -3.69. The van der Waals surface area contributed by atoms with Gasteiger partial charge in [0, 0.05) is 19.2 Å². The third kappa shape index (κ3) is 3.37. The number of sulfonamides is 1. The zero-order valence-corrected chi connectivity index (χ0v) is 13.6. The molecular weight excluding hydrogens is 320 g/mol. The molecule has 7 nitrogen and oxygen atoms in total. The Morgan fingerprint density at radius 3 is 2.96 bits per heavy atom. The number of carbonyl (C=O) groups excluding carboxylic acids is 1. The van der Waals surface area contributed by atoms with Crippen molar-refractivity contribution < 1.29 is 22.7 Å². The van der Waals surface area contributed by atoms with E-state index in [4.69, 9.17) is 9.47 Å². The van der Waals surface area contributed by atoms with Crippen molar-refractivity contribution in [1.82, 2.24) is 4.90 Å². The van der Waals surface area contributed by atoms with Crippen LogP contribution < -0.4 is 0 Å². The second kappa shape index (κ2) is 6.29. The Morgan fingerprint density at radius 1 is 1.43 bits per heavy atom. The first-order valence-electron chi connectivity index (χ1n) is 7.40. The first kappa shape index (κ1) is 15.9. The van der Waals surface area contributed by atoms with Gasteiger partial charge in [-0.2, -0.15) is 8.42 Å². The lowest BCUT2D eigenvalue weighted by molar-refractivity contribution is -0.147. The number of ether oxygens (including phenoxy) is 2. The van der Waals surface area contributed by atoms with Gasteiger partial charge in [0.1, 0.15) is 18.0 Å². The van der Waals surface area contributed by atoms with Gasteiger partial charge >= 0.3 is 5.97 Å². The number of rotatable bonds is 4. The fourth-order valence-corrected chi connectivity index (χ4v) is 3.89. The number of hydrogen-bond donors (Lipinski definition) is 0. The molecule has 1 aromatic rings. The van der Waals surface area contributed by atoms with Crippen LogP contribution in [0.5, 0.6) is 0 Å². The maximum atomic E-state index is 12.0. The molecule has 1 fully saturated rings. The molecule has 1 aromatic carbocycles. The van der Waals surface area contributed by atoms with Gasteiger partial charge in [-0.3, -0.25) is 4.79 Å². The molecule has 0 aliphatic carbocycles. The third-order valence-corrected chi connectivity index (χ3v) is 5.12. The van der Waals surface area contributed by atoms with E-state index < -0.39 is 16.0 Å². The van der Waals surface area contributed by atoms with Crippen LogP contribution in [0.25, 0.3) is 0 Å². The Labute approximate surface area is 135 Å². The van der Waals surface area contributed by atoms with Crippen LogP contribution in [0.2, 0.25) is 0 Å². The number of hydrogen-bond acceptors (Lipinski definition) is 6. The predicted molar refractivity (Wildman–Crippen MR) is 82.7 cm³/mol. The largest absolute Gasteiger partial charge is 0.462 e. The Balaban J connectivity index is 1.64. The first-order chi connectivity index (χ1) is 11.0. The lowest BCUT2D eigenvalue weighted by Gasteiger charge is -2.18. The fourth-order valence-electron chi connectivity index (χ4n) is 2.64. The van der Waals surface area contributed by atoms with Gasteiger partial charge in [0.15, 0.2) is 5.84 Å². The summed E-state index contributed by atoms with van der Waals surface area (Å²) in [5.74, 6) is -0.179. The third-order valence-electron chi connectivity index (χ3n) is 3.79. The topological polar surface area (TPSA) is 85.3 Å². The van der Waals surface area contributed by atoms with Crippen molar-refractivity contribution in [1.29, 1.82) is 0 Å². The highest BCUT2D eigenvalue weighted by molar-refractivity contribution is 7.90. The van der Waals surface area contributed by atoms with Crippen molar-refractivity contribution in [3.05, 3.63) is 29.8 Å². The van der Waals surface area contributed by atoms with Crippen LogP contribution in [0.1, 0.15) is 18.4 Å². The van der Waals surface area contributed by atoms with Crippen LogP contribution in [0, 0.1) is 0 Å². The molecule has 0 radical (unpaired) electrons. The molecule has 0 saturated carbocycles. The average molecular weight is 338 g/mol. The summed E-state index contributed by atoms with van der Waals surface area (Å²) in [5.41, 5.74) is 0.502. The van der Waals surface area contributed by atoms with E-state index in [0.29, 0.717) is 12.2 Å². The highest BCUT2D eigenvalue weighted by Gasteiger charge is 2.31. The van der Waals surface area contributed by atoms with Crippen LogP contribution in [-0.4, -0.2) is 58.0 Å². The second-order valence-electron chi connectivity index (χ2n) is 5.56. The summed E-state index contributed by atoms with van der Waals surface area (Å²) in [6.45, 7) is 0.858. The van der Waals surface area contributed by atoms with Crippen LogP contribution in [0.4, 0.5) is 0 Å². The molecule has 124 valence electrons.